The number of benzene rings is 2. The molecule has 4 heterocycles. The average Bonchev–Trinajstić information content (AvgIpc) is 1.82. The van der Waals surface area contributed by atoms with Crippen molar-refractivity contribution in [1.29, 1.82) is 0 Å². The highest BCUT2D eigenvalue weighted by Crippen LogP contribution is 2.48. The summed E-state index contributed by atoms with van der Waals surface area (Å²) in [4.78, 5) is 115. The second-order valence-electron chi connectivity index (χ2n) is 26.8. The number of likely N-dealkylation sites (N-methyl/N-ethyl adjacent to an activating group) is 2. The fraction of sp³-hybridized carbons (Fsp3) is 0.688. The summed E-state index contributed by atoms with van der Waals surface area (Å²) in [5.74, 6) is -1.14. The molecule has 0 aromatic heterocycles. The maximum atomic E-state index is 14.6. The SMILES string of the molecule is C[C@@H](C(=O)NCC1CCS[C@H]2CC(C)(C)[C@@H](C(=O)N[C@H](COCCCCCCCCOC[C@@H](NC(=O)[C@H]3N4C(=O)[C@@H](NC(=O)CN(C)C(=O)OC(C)(C)C)CCS[C@H]4CC3(C)C)c3ccccc3)c3ccccc3)N2C1=O)N(C)C(=O)OC(C)(C)C. The Morgan fingerprint density at radius 3 is 1.56 bits per heavy atom. The monoisotopic (exact) mass is 1230 g/mol. The van der Waals surface area contributed by atoms with Crippen LogP contribution in [0.25, 0.3) is 0 Å². The fourth-order valence-corrected chi connectivity index (χ4v) is 14.7. The van der Waals surface area contributed by atoms with Crippen LogP contribution in [-0.4, -0.2) is 178 Å². The molecule has 6 rings (SSSR count). The van der Waals surface area contributed by atoms with Crippen LogP contribution in [0.5, 0.6) is 0 Å². The molecule has 0 saturated carbocycles. The van der Waals surface area contributed by atoms with Crippen LogP contribution in [0.4, 0.5) is 9.59 Å². The molecule has 4 N–H and O–H groups in total. The number of amides is 8. The minimum atomic E-state index is -0.859. The third-order valence-electron chi connectivity index (χ3n) is 16.2. The number of ether oxygens (including phenoxy) is 4. The van der Waals surface area contributed by atoms with Gasteiger partial charge in [-0.15, -0.1) is 23.5 Å². The molecule has 8 amide bonds. The molecule has 478 valence electrons. The number of carbonyl (C=O) groups excluding carboxylic acids is 8. The summed E-state index contributed by atoms with van der Waals surface area (Å²) >= 11 is 3.29. The van der Waals surface area contributed by atoms with Gasteiger partial charge in [0.05, 0.1) is 42.0 Å². The molecule has 0 spiro atoms. The minimum absolute atomic E-state index is 0.0803. The summed E-state index contributed by atoms with van der Waals surface area (Å²) in [6, 6.07) is 15.2. The number of rotatable bonds is 26. The Hall–Kier alpha value is -5.58. The number of fused-ring (bicyclic) bond motifs is 2. The Morgan fingerprint density at radius 1 is 0.640 bits per heavy atom. The zero-order valence-electron chi connectivity index (χ0n) is 53.2. The molecule has 4 fully saturated rings. The van der Waals surface area contributed by atoms with E-state index < -0.39 is 88.2 Å². The normalized spacial score (nSPS) is 22.8. The van der Waals surface area contributed by atoms with Gasteiger partial charge >= 0.3 is 12.2 Å². The maximum Gasteiger partial charge on any atom is 0.410 e. The van der Waals surface area contributed by atoms with Gasteiger partial charge in [-0.25, -0.2) is 9.59 Å². The molecule has 20 nitrogen and oxygen atoms in total. The highest BCUT2D eigenvalue weighted by Gasteiger charge is 2.56. The molecule has 86 heavy (non-hydrogen) atoms. The highest BCUT2D eigenvalue weighted by molar-refractivity contribution is 8.00. The number of hydrogen-bond donors (Lipinski definition) is 4. The lowest BCUT2D eigenvalue weighted by molar-refractivity contribution is -0.144. The van der Waals surface area contributed by atoms with Gasteiger partial charge in [-0.05, 0) is 120 Å². The third kappa shape index (κ3) is 19.7. The van der Waals surface area contributed by atoms with Gasteiger partial charge in [-0.2, -0.15) is 0 Å². The van der Waals surface area contributed by atoms with E-state index in [4.69, 9.17) is 18.9 Å². The molecule has 9 atom stereocenters. The van der Waals surface area contributed by atoms with Gasteiger partial charge in [-0.3, -0.25) is 33.7 Å². The van der Waals surface area contributed by atoms with Crippen molar-refractivity contribution in [1.82, 2.24) is 40.9 Å². The zero-order chi connectivity index (χ0) is 63.1. The number of nitrogens with zero attached hydrogens (tertiary/aromatic N) is 4. The second-order valence-corrected chi connectivity index (χ2v) is 29.4. The van der Waals surface area contributed by atoms with Crippen molar-refractivity contribution in [3.05, 3.63) is 71.8 Å². The first-order chi connectivity index (χ1) is 40.5. The van der Waals surface area contributed by atoms with Crippen molar-refractivity contribution in [2.24, 2.45) is 16.7 Å². The Bertz CT molecular complexity index is 2620. The number of hydrogen-bond acceptors (Lipinski definition) is 14. The van der Waals surface area contributed by atoms with Gasteiger partial charge in [0.1, 0.15) is 41.9 Å². The quantitative estimate of drug-likeness (QED) is 0.0646. The van der Waals surface area contributed by atoms with E-state index in [2.05, 4.69) is 21.3 Å². The van der Waals surface area contributed by atoms with Crippen LogP contribution in [0.3, 0.4) is 0 Å². The van der Waals surface area contributed by atoms with Gasteiger partial charge in [0, 0.05) is 33.9 Å². The number of nitrogens with one attached hydrogen (secondary N) is 4. The zero-order valence-corrected chi connectivity index (χ0v) is 54.8. The molecule has 1 unspecified atom stereocenters. The number of thioether (sulfide) groups is 2. The van der Waals surface area contributed by atoms with Gasteiger partial charge in [0.25, 0.3) is 0 Å². The lowest BCUT2D eigenvalue weighted by Crippen LogP contribution is -2.57. The molecule has 4 saturated heterocycles. The lowest BCUT2D eigenvalue weighted by atomic mass is 9.83. The molecule has 2 aromatic rings. The highest BCUT2D eigenvalue weighted by atomic mass is 32.2. The third-order valence-corrected chi connectivity index (χ3v) is 18.7. The van der Waals surface area contributed by atoms with Crippen molar-refractivity contribution < 1.29 is 57.3 Å². The first-order valence-corrected chi connectivity index (χ1v) is 32.8. The first kappa shape index (κ1) is 69.5. The van der Waals surface area contributed by atoms with Gasteiger partial charge in [-0.1, -0.05) is 114 Å². The van der Waals surface area contributed by atoms with Crippen molar-refractivity contribution in [3.8, 4) is 0 Å². The molecule has 4 aliphatic rings. The topological polar surface area (TPSA) is 235 Å². The van der Waals surface area contributed by atoms with Gasteiger partial charge in [0.2, 0.25) is 35.4 Å². The summed E-state index contributed by atoms with van der Waals surface area (Å²) in [5.41, 5.74) is -0.758. The predicted octanol–water partition coefficient (Wildman–Crippen LogP) is 8.59. The molecular weight excluding hydrogens is 1140 g/mol. The molecule has 0 bridgehead atoms. The van der Waals surface area contributed by atoms with Crippen LogP contribution in [-0.2, 0) is 47.7 Å². The second kappa shape index (κ2) is 31.0. The predicted molar refractivity (Wildman–Crippen MR) is 335 cm³/mol. The molecule has 22 heteroatoms. The summed E-state index contributed by atoms with van der Waals surface area (Å²) in [6.07, 6.45) is 6.55. The lowest BCUT2D eigenvalue weighted by Gasteiger charge is -2.35. The smallest absolute Gasteiger partial charge is 0.410 e. The molecule has 2 aromatic carbocycles. The summed E-state index contributed by atoms with van der Waals surface area (Å²) < 4.78 is 23.3. The minimum Gasteiger partial charge on any atom is -0.444 e. The number of unbranched alkanes of at least 4 members (excludes halogenated alkanes) is 5. The van der Waals surface area contributed by atoms with Crippen LogP contribution in [0.15, 0.2) is 60.7 Å². The van der Waals surface area contributed by atoms with Crippen molar-refractivity contribution in [2.45, 2.75) is 199 Å². The Balaban J connectivity index is 0.939. The van der Waals surface area contributed by atoms with Gasteiger partial charge in [0.15, 0.2) is 0 Å². The van der Waals surface area contributed by atoms with E-state index in [1.54, 1.807) is 81.8 Å². The van der Waals surface area contributed by atoms with E-state index in [0.717, 1.165) is 49.7 Å². The summed E-state index contributed by atoms with van der Waals surface area (Å²) in [7, 11) is 2.98. The largest absolute Gasteiger partial charge is 0.444 e. The fourth-order valence-electron chi connectivity index (χ4n) is 11.5. The van der Waals surface area contributed by atoms with Crippen LogP contribution < -0.4 is 21.3 Å². The van der Waals surface area contributed by atoms with E-state index in [1.165, 1.54) is 23.9 Å². The van der Waals surface area contributed by atoms with Gasteiger partial charge < -0.3 is 54.9 Å². The van der Waals surface area contributed by atoms with Crippen LogP contribution in [0.2, 0.25) is 0 Å². The van der Waals surface area contributed by atoms with Crippen molar-refractivity contribution in [3.63, 3.8) is 0 Å². The molecule has 0 radical (unpaired) electrons. The standard InChI is InChI=1S/C64H98N8O12S2/c1-42(70(13)60(80)84-62(5,6)7)54(74)65-38-45-30-34-85-50-36-63(8,9)52(71(50)57(45)77)55(75)67-47(43-26-20-18-21-27-43)40-81-32-24-16-14-15-17-25-33-82-41-48(44-28-22-19-23-29-44)68-56(76)53-64(10,11)37-51-72(53)58(78)46(31-35-86-51)66-49(73)39-69(12)59(79)83-61(2,3)4/h18-23,26-29,42,45-48,50-53H,14-17,24-25,30-41H2,1-13H3,(H,65,74)(H,66,73)(H,67,75)(H,68,76)/t42-,45?,46-,47+,48+,50-,51-,52+,53+/m0/s1. The average molecular weight is 1240 g/mol. The van der Waals surface area contributed by atoms with Crippen LogP contribution >= 0.6 is 23.5 Å². The van der Waals surface area contributed by atoms with E-state index in [1.807, 2.05) is 88.4 Å². The van der Waals surface area contributed by atoms with Crippen molar-refractivity contribution in [2.75, 3.05) is 65.1 Å². The molecule has 4 aliphatic heterocycles. The summed E-state index contributed by atoms with van der Waals surface area (Å²) in [5, 5.41) is 11.8. The molecule has 0 aliphatic carbocycles. The maximum absolute atomic E-state index is 14.6. The first-order valence-electron chi connectivity index (χ1n) is 30.7. The van der Waals surface area contributed by atoms with E-state index >= 15 is 0 Å². The Morgan fingerprint density at radius 2 is 1.08 bits per heavy atom. The van der Waals surface area contributed by atoms with Crippen LogP contribution in [0.1, 0.15) is 164 Å². The summed E-state index contributed by atoms with van der Waals surface area (Å²) in [6.45, 7) is 21.5. The Kier molecular flexibility index (Phi) is 25.1. The van der Waals surface area contributed by atoms with E-state index in [-0.39, 0.29) is 60.7 Å². The number of carbonyl (C=O) groups is 8. The van der Waals surface area contributed by atoms with Crippen molar-refractivity contribution >= 4 is 71.2 Å². The van der Waals surface area contributed by atoms with E-state index in [9.17, 15) is 38.4 Å². The molecular formula is C64H98N8O12S2. The van der Waals surface area contributed by atoms with E-state index in [0.29, 0.717) is 50.4 Å². The van der Waals surface area contributed by atoms with Crippen LogP contribution in [0, 0.1) is 16.7 Å². The Labute approximate surface area is 519 Å².